The molecule has 2 heterocycles. The molecule has 204 valence electrons. The molecule has 1 atom stereocenters. The summed E-state index contributed by atoms with van der Waals surface area (Å²) in [5, 5.41) is 3.95. The molecule has 0 unspecified atom stereocenters. The van der Waals surface area contributed by atoms with Crippen molar-refractivity contribution in [3.8, 4) is 5.75 Å². The van der Waals surface area contributed by atoms with Gasteiger partial charge in [0.2, 0.25) is 0 Å². The largest absolute Gasteiger partial charge is 0.491 e. The quantitative estimate of drug-likeness (QED) is 0.188. The van der Waals surface area contributed by atoms with Gasteiger partial charge < -0.3 is 19.1 Å². The van der Waals surface area contributed by atoms with Gasteiger partial charge in [-0.05, 0) is 37.1 Å². The molecule has 0 N–H and O–H groups in total. The maximum Gasteiger partial charge on any atom is 0.423 e. The Morgan fingerprint density at radius 3 is 2.62 bits per heavy atom. The van der Waals surface area contributed by atoms with Crippen LogP contribution in [0, 0.1) is 5.82 Å². The topological polar surface area (TPSA) is 82.9 Å². The molecule has 0 saturated carbocycles. The molecule has 0 spiro atoms. The van der Waals surface area contributed by atoms with E-state index in [1.807, 2.05) is 0 Å². The molecule has 8 nitrogen and oxygen atoms in total. The van der Waals surface area contributed by atoms with Crippen LogP contribution in [0.5, 0.6) is 5.75 Å². The molecule has 13 heteroatoms. The molecule has 37 heavy (non-hydrogen) atoms. The average Bonchev–Trinajstić information content (AvgIpc) is 3.28. The highest BCUT2D eigenvalue weighted by molar-refractivity contribution is 6.76. The Balaban J connectivity index is 1.79. The first-order chi connectivity index (χ1) is 17.3. The van der Waals surface area contributed by atoms with Gasteiger partial charge in [-0.25, -0.2) is 13.9 Å². The van der Waals surface area contributed by atoms with E-state index in [1.165, 1.54) is 17.0 Å². The Morgan fingerprint density at radius 1 is 1.24 bits per heavy atom. The molecule has 1 fully saturated rings. The van der Waals surface area contributed by atoms with Crippen LogP contribution in [0.25, 0.3) is 0 Å². The minimum Gasteiger partial charge on any atom is -0.491 e. The predicted octanol–water partition coefficient (Wildman–Crippen LogP) is 4.55. The number of esters is 1. The van der Waals surface area contributed by atoms with E-state index in [0.29, 0.717) is 24.1 Å². The second kappa shape index (κ2) is 11.6. The second-order valence-corrected chi connectivity index (χ2v) is 15.6. The first-order valence-electron chi connectivity index (χ1n) is 11.8. The van der Waals surface area contributed by atoms with Crippen molar-refractivity contribution in [3.63, 3.8) is 0 Å². The molecular weight excluding hydrogens is 514 g/mol. The van der Waals surface area contributed by atoms with Crippen molar-refractivity contribution >= 4 is 19.7 Å². The molecule has 1 saturated heterocycles. The highest BCUT2D eigenvalue weighted by atomic mass is 28.3. The van der Waals surface area contributed by atoms with Gasteiger partial charge in [0.05, 0.1) is 30.6 Å². The fourth-order valence-corrected chi connectivity index (χ4v) is 4.72. The monoisotopic (exact) mass is 545 g/mol. The van der Waals surface area contributed by atoms with Crippen LogP contribution in [0.2, 0.25) is 25.7 Å². The molecule has 1 aliphatic heterocycles. The van der Waals surface area contributed by atoms with E-state index in [1.54, 1.807) is 0 Å². The molecule has 1 aliphatic rings. The lowest BCUT2D eigenvalue weighted by atomic mass is 10.1. The van der Waals surface area contributed by atoms with E-state index in [9.17, 15) is 27.2 Å². The lowest BCUT2D eigenvalue weighted by Crippen LogP contribution is -2.40. The van der Waals surface area contributed by atoms with Gasteiger partial charge in [0, 0.05) is 21.2 Å². The van der Waals surface area contributed by atoms with Gasteiger partial charge >= 0.3 is 12.1 Å². The van der Waals surface area contributed by atoms with E-state index in [0.717, 1.165) is 25.4 Å². The standard InChI is InChI=1S/C24H31F4N3O5Si/c1-34-23(33)18-12-17(7-8-19(18)25)36-14-16-6-5-9-30(16)20-13-29-31(15-35-10-11-37(2,3)4)22(32)21(20)24(26,27)28/h7-8,12-13,16H,5-6,9-11,14-15H2,1-4H3/t16-/m0/s1. The molecule has 2 aromatic rings. The molecule has 0 radical (unpaired) electrons. The number of anilines is 1. The smallest absolute Gasteiger partial charge is 0.423 e. The number of rotatable bonds is 10. The predicted molar refractivity (Wildman–Crippen MR) is 131 cm³/mol. The van der Waals surface area contributed by atoms with Crippen molar-refractivity contribution < 1.29 is 36.6 Å². The zero-order valence-corrected chi connectivity index (χ0v) is 22.2. The van der Waals surface area contributed by atoms with Crippen LogP contribution in [0.3, 0.4) is 0 Å². The van der Waals surface area contributed by atoms with Crippen LogP contribution in [0.15, 0.2) is 29.2 Å². The number of hydrogen-bond donors (Lipinski definition) is 0. The summed E-state index contributed by atoms with van der Waals surface area (Å²) in [6, 6.07) is 3.83. The number of carbonyl (C=O) groups is 1. The van der Waals surface area contributed by atoms with Crippen molar-refractivity contribution in [1.29, 1.82) is 0 Å². The molecular formula is C24H31F4N3O5Si. The first-order valence-corrected chi connectivity index (χ1v) is 15.5. The van der Waals surface area contributed by atoms with Gasteiger partial charge in [-0.1, -0.05) is 19.6 Å². The Kier molecular flexibility index (Phi) is 9.00. The molecule has 1 aromatic carbocycles. The normalized spacial score (nSPS) is 16.2. The van der Waals surface area contributed by atoms with Gasteiger partial charge in [-0.15, -0.1) is 0 Å². The van der Waals surface area contributed by atoms with Crippen LogP contribution < -0.4 is 15.2 Å². The van der Waals surface area contributed by atoms with Crippen LogP contribution >= 0.6 is 0 Å². The van der Waals surface area contributed by atoms with E-state index in [-0.39, 0.29) is 36.9 Å². The van der Waals surface area contributed by atoms with Gasteiger partial charge in [0.1, 0.15) is 30.5 Å². The van der Waals surface area contributed by atoms with Gasteiger partial charge in [-0.2, -0.15) is 18.3 Å². The van der Waals surface area contributed by atoms with Crippen molar-refractivity contribution in [1.82, 2.24) is 9.78 Å². The number of halogens is 4. The fourth-order valence-electron chi connectivity index (χ4n) is 3.96. The molecule has 3 rings (SSSR count). The number of ether oxygens (including phenoxy) is 3. The summed E-state index contributed by atoms with van der Waals surface area (Å²) >= 11 is 0. The lowest BCUT2D eigenvalue weighted by Gasteiger charge is -2.29. The van der Waals surface area contributed by atoms with Gasteiger partial charge in [0.15, 0.2) is 0 Å². The highest BCUT2D eigenvalue weighted by Gasteiger charge is 2.41. The maximum atomic E-state index is 14.0. The first kappa shape index (κ1) is 28.6. The Bertz CT molecular complexity index is 1170. The minimum absolute atomic E-state index is 0.0492. The summed E-state index contributed by atoms with van der Waals surface area (Å²) in [5.74, 6) is -1.50. The molecule has 1 aromatic heterocycles. The fraction of sp³-hybridized carbons (Fsp3) is 0.542. The Labute approximate surface area is 213 Å². The van der Waals surface area contributed by atoms with E-state index in [4.69, 9.17) is 9.47 Å². The Morgan fingerprint density at radius 2 is 1.97 bits per heavy atom. The van der Waals surface area contributed by atoms with Crippen molar-refractivity contribution in [2.24, 2.45) is 0 Å². The van der Waals surface area contributed by atoms with Crippen molar-refractivity contribution in [2.75, 3.05) is 31.8 Å². The van der Waals surface area contributed by atoms with Crippen LogP contribution in [0.4, 0.5) is 23.2 Å². The number of benzene rings is 1. The summed E-state index contributed by atoms with van der Waals surface area (Å²) in [6.07, 6.45) is -2.79. The number of methoxy groups -OCH3 is 1. The number of alkyl halides is 3. The minimum atomic E-state index is -4.91. The third-order valence-corrected chi connectivity index (χ3v) is 7.69. The van der Waals surface area contributed by atoms with Crippen LogP contribution in [-0.4, -0.2) is 56.7 Å². The van der Waals surface area contributed by atoms with Crippen molar-refractivity contribution in [3.05, 3.63) is 51.7 Å². The average molecular weight is 546 g/mol. The van der Waals surface area contributed by atoms with E-state index in [2.05, 4.69) is 29.5 Å². The molecule has 0 bridgehead atoms. The maximum absolute atomic E-state index is 14.0. The molecule has 0 aliphatic carbocycles. The number of carbonyl (C=O) groups excluding carboxylic acids is 1. The van der Waals surface area contributed by atoms with Crippen LogP contribution in [0.1, 0.15) is 28.8 Å². The number of nitrogens with zero attached hydrogens (tertiary/aromatic N) is 3. The Hall–Kier alpha value is -2.93. The van der Waals surface area contributed by atoms with Crippen LogP contribution in [-0.2, 0) is 22.4 Å². The SMILES string of the molecule is COC(=O)c1cc(OC[C@@H]2CCCN2c2cnn(COCC[Si](C)(C)C)c(=O)c2C(F)(F)F)ccc1F. The van der Waals surface area contributed by atoms with E-state index >= 15 is 0 Å². The van der Waals surface area contributed by atoms with E-state index < -0.39 is 43.2 Å². The summed E-state index contributed by atoms with van der Waals surface area (Å²) in [4.78, 5) is 26.0. The van der Waals surface area contributed by atoms with Gasteiger partial charge in [-0.3, -0.25) is 4.79 Å². The molecule has 0 amide bonds. The highest BCUT2D eigenvalue weighted by Crippen LogP contribution is 2.36. The zero-order valence-electron chi connectivity index (χ0n) is 21.2. The van der Waals surface area contributed by atoms with Gasteiger partial charge in [0.25, 0.3) is 5.56 Å². The number of aromatic nitrogens is 2. The lowest BCUT2D eigenvalue weighted by molar-refractivity contribution is -0.138. The third-order valence-electron chi connectivity index (χ3n) is 5.99. The number of hydrogen-bond acceptors (Lipinski definition) is 7. The van der Waals surface area contributed by atoms with Crippen molar-refractivity contribution in [2.45, 2.75) is 57.5 Å². The summed E-state index contributed by atoms with van der Waals surface area (Å²) in [7, 11) is -0.287. The second-order valence-electron chi connectivity index (χ2n) is 9.99. The summed E-state index contributed by atoms with van der Waals surface area (Å²) in [6.45, 7) is 6.61. The summed E-state index contributed by atoms with van der Waals surface area (Å²) < 4.78 is 72.4. The third kappa shape index (κ3) is 7.31. The zero-order chi connectivity index (χ0) is 27.4. The summed E-state index contributed by atoms with van der Waals surface area (Å²) in [5.41, 5.74) is -3.22.